The Labute approximate surface area is 62.5 Å². The molecular weight excluding hydrogens is 128 g/mol. The van der Waals surface area contributed by atoms with Gasteiger partial charge >= 0.3 is 0 Å². The van der Waals surface area contributed by atoms with Crippen LogP contribution in [0.2, 0.25) is 0 Å². The Hall–Kier alpha value is -0.0800. The minimum absolute atomic E-state index is 0.269. The Kier molecular flexibility index (Phi) is 2.69. The fourth-order valence-electron chi connectivity index (χ4n) is 1.40. The average molecular weight is 143 g/mol. The highest BCUT2D eigenvalue weighted by Crippen LogP contribution is 2.30. The van der Waals surface area contributed by atoms with Gasteiger partial charge in [-0.3, -0.25) is 0 Å². The van der Waals surface area contributed by atoms with Crippen LogP contribution >= 0.6 is 0 Å². The Morgan fingerprint density at radius 3 is 1.90 bits per heavy atom. The molecule has 1 fully saturated rings. The molecular formula is C8H15O2. The standard InChI is InChI=1S/C8H15O2/c1-9-8(10-2)6-4-3-5-7-8/h3H,4-7H2,1-2H3. The first-order valence-corrected chi connectivity index (χ1v) is 3.75. The number of hydrogen-bond acceptors (Lipinski definition) is 2. The fourth-order valence-corrected chi connectivity index (χ4v) is 1.40. The topological polar surface area (TPSA) is 18.5 Å². The largest absolute Gasteiger partial charge is 0.353 e. The summed E-state index contributed by atoms with van der Waals surface area (Å²) in [6.45, 7) is 0. The maximum absolute atomic E-state index is 5.29. The van der Waals surface area contributed by atoms with Crippen molar-refractivity contribution < 1.29 is 9.47 Å². The van der Waals surface area contributed by atoms with Crippen LogP contribution in [0.25, 0.3) is 0 Å². The zero-order chi connectivity index (χ0) is 7.45. The van der Waals surface area contributed by atoms with Crippen molar-refractivity contribution in [2.75, 3.05) is 14.2 Å². The molecule has 0 atom stereocenters. The molecule has 0 N–H and O–H groups in total. The van der Waals surface area contributed by atoms with Crippen molar-refractivity contribution >= 4 is 0 Å². The van der Waals surface area contributed by atoms with Crippen molar-refractivity contribution in [3.63, 3.8) is 0 Å². The molecule has 0 aromatic heterocycles. The van der Waals surface area contributed by atoms with Crippen LogP contribution < -0.4 is 0 Å². The minimum atomic E-state index is -0.269. The Balaban J connectivity index is 2.44. The van der Waals surface area contributed by atoms with Crippen LogP contribution in [-0.2, 0) is 9.47 Å². The third kappa shape index (κ3) is 1.50. The van der Waals surface area contributed by atoms with Gasteiger partial charge in [0.25, 0.3) is 0 Å². The normalized spacial score (nSPS) is 24.6. The lowest BCUT2D eigenvalue weighted by Gasteiger charge is -2.34. The van der Waals surface area contributed by atoms with Gasteiger partial charge < -0.3 is 9.47 Å². The summed E-state index contributed by atoms with van der Waals surface area (Å²) in [7, 11) is 3.43. The van der Waals surface area contributed by atoms with Gasteiger partial charge in [-0.05, 0) is 19.3 Å². The van der Waals surface area contributed by atoms with Gasteiger partial charge in [0, 0.05) is 27.1 Å². The molecule has 1 rings (SSSR count). The van der Waals surface area contributed by atoms with Gasteiger partial charge in [0.05, 0.1) is 0 Å². The summed E-state index contributed by atoms with van der Waals surface area (Å²) in [5.74, 6) is -0.269. The molecule has 0 aliphatic heterocycles. The number of hydrogen-bond donors (Lipinski definition) is 0. The summed E-state index contributed by atoms with van der Waals surface area (Å²) in [6, 6.07) is 0. The molecule has 1 aliphatic carbocycles. The van der Waals surface area contributed by atoms with Crippen LogP contribution in [-0.4, -0.2) is 20.0 Å². The average Bonchev–Trinajstić information content (AvgIpc) is 2.06. The van der Waals surface area contributed by atoms with Gasteiger partial charge in [0.2, 0.25) is 0 Å². The smallest absolute Gasteiger partial charge is 0.167 e. The zero-order valence-corrected chi connectivity index (χ0v) is 6.72. The van der Waals surface area contributed by atoms with Crippen molar-refractivity contribution in [2.45, 2.75) is 31.5 Å². The van der Waals surface area contributed by atoms with Gasteiger partial charge in [-0.25, -0.2) is 0 Å². The first-order chi connectivity index (χ1) is 4.83. The van der Waals surface area contributed by atoms with Gasteiger partial charge in [-0.1, -0.05) is 0 Å². The maximum atomic E-state index is 5.29. The van der Waals surface area contributed by atoms with E-state index in [1.54, 1.807) is 14.2 Å². The van der Waals surface area contributed by atoms with E-state index in [9.17, 15) is 0 Å². The lowest BCUT2D eigenvalue weighted by molar-refractivity contribution is -0.219. The summed E-state index contributed by atoms with van der Waals surface area (Å²) in [4.78, 5) is 0. The fraction of sp³-hybridized carbons (Fsp3) is 0.875. The van der Waals surface area contributed by atoms with Crippen molar-refractivity contribution in [3.8, 4) is 0 Å². The van der Waals surface area contributed by atoms with E-state index in [4.69, 9.17) is 9.47 Å². The number of rotatable bonds is 2. The molecule has 0 aromatic carbocycles. The maximum Gasteiger partial charge on any atom is 0.167 e. The van der Waals surface area contributed by atoms with Crippen LogP contribution in [0.1, 0.15) is 25.7 Å². The third-order valence-electron chi connectivity index (χ3n) is 2.20. The molecule has 0 heterocycles. The SMILES string of the molecule is COC1(OC)CC[CH]CC1. The van der Waals surface area contributed by atoms with Crippen LogP contribution in [0, 0.1) is 6.42 Å². The second-order valence-electron chi connectivity index (χ2n) is 2.68. The Morgan fingerprint density at radius 1 is 1.10 bits per heavy atom. The van der Waals surface area contributed by atoms with Crippen LogP contribution in [0.3, 0.4) is 0 Å². The molecule has 0 unspecified atom stereocenters. The van der Waals surface area contributed by atoms with Gasteiger partial charge in [-0.15, -0.1) is 0 Å². The molecule has 0 amide bonds. The molecule has 2 nitrogen and oxygen atoms in total. The minimum Gasteiger partial charge on any atom is -0.353 e. The number of methoxy groups -OCH3 is 2. The van der Waals surface area contributed by atoms with E-state index in [2.05, 4.69) is 6.42 Å². The molecule has 1 radical (unpaired) electrons. The highest BCUT2D eigenvalue weighted by Gasteiger charge is 2.31. The summed E-state index contributed by atoms with van der Waals surface area (Å²) in [5, 5.41) is 0. The monoisotopic (exact) mass is 143 g/mol. The molecule has 2 heteroatoms. The van der Waals surface area contributed by atoms with Gasteiger partial charge in [0.1, 0.15) is 0 Å². The van der Waals surface area contributed by atoms with E-state index >= 15 is 0 Å². The van der Waals surface area contributed by atoms with E-state index in [1.165, 1.54) is 0 Å². The molecule has 0 saturated heterocycles. The second kappa shape index (κ2) is 3.35. The second-order valence-corrected chi connectivity index (χ2v) is 2.68. The van der Waals surface area contributed by atoms with Crippen molar-refractivity contribution in [1.82, 2.24) is 0 Å². The Bertz CT molecular complexity index is 89.4. The molecule has 0 aromatic rings. The van der Waals surface area contributed by atoms with Crippen LogP contribution in [0.5, 0.6) is 0 Å². The Morgan fingerprint density at radius 2 is 1.60 bits per heavy atom. The van der Waals surface area contributed by atoms with Gasteiger partial charge in [0.15, 0.2) is 5.79 Å². The van der Waals surface area contributed by atoms with E-state index in [0.717, 1.165) is 25.7 Å². The molecule has 10 heavy (non-hydrogen) atoms. The molecule has 0 spiro atoms. The summed E-state index contributed by atoms with van der Waals surface area (Å²) in [6.07, 6.45) is 6.51. The van der Waals surface area contributed by atoms with Crippen molar-refractivity contribution in [3.05, 3.63) is 6.42 Å². The molecule has 0 bridgehead atoms. The predicted molar refractivity (Wildman–Crippen MR) is 39.5 cm³/mol. The highest BCUT2D eigenvalue weighted by molar-refractivity contribution is 4.82. The van der Waals surface area contributed by atoms with Crippen molar-refractivity contribution in [2.24, 2.45) is 0 Å². The molecule has 1 saturated carbocycles. The molecule has 1 aliphatic rings. The van der Waals surface area contributed by atoms with E-state index in [0.29, 0.717) is 0 Å². The van der Waals surface area contributed by atoms with Gasteiger partial charge in [-0.2, -0.15) is 0 Å². The quantitative estimate of drug-likeness (QED) is 0.548. The summed E-state index contributed by atoms with van der Waals surface area (Å²) < 4.78 is 10.6. The molecule has 59 valence electrons. The lowest BCUT2D eigenvalue weighted by atomic mass is 9.94. The highest BCUT2D eigenvalue weighted by atomic mass is 16.7. The van der Waals surface area contributed by atoms with E-state index in [-0.39, 0.29) is 5.79 Å². The first-order valence-electron chi connectivity index (χ1n) is 3.75. The third-order valence-corrected chi connectivity index (χ3v) is 2.20. The predicted octanol–water partition coefficient (Wildman–Crippen LogP) is 1.75. The van der Waals surface area contributed by atoms with Crippen molar-refractivity contribution in [1.29, 1.82) is 0 Å². The van der Waals surface area contributed by atoms with E-state index < -0.39 is 0 Å². The van der Waals surface area contributed by atoms with Crippen LogP contribution in [0.15, 0.2) is 0 Å². The summed E-state index contributed by atoms with van der Waals surface area (Å²) in [5.41, 5.74) is 0. The van der Waals surface area contributed by atoms with E-state index in [1.807, 2.05) is 0 Å². The lowest BCUT2D eigenvalue weighted by Crippen LogP contribution is -2.35. The first kappa shape index (κ1) is 8.02. The summed E-state index contributed by atoms with van der Waals surface area (Å²) >= 11 is 0. The number of ether oxygens (including phenoxy) is 2. The zero-order valence-electron chi connectivity index (χ0n) is 6.72. The van der Waals surface area contributed by atoms with Crippen LogP contribution in [0.4, 0.5) is 0 Å².